The fourth-order valence-electron chi connectivity index (χ4n) is 1.77. The third kappa shape index (κ3) is 3.35. The van der Waals surface area contributed by atoms with Crippen molar-refractivity contribution in [1.29, 1.82) is 0 Å². The van der Waals surface area contributed by atoms with E-state index in [1.54, 1.807) is 0 Å². The Kier molecular flexibility index (Phi) is 3.75. The molecule has 0 spiro atoms. The lowest BCUT2D eigenvalue weighted by Crippen LogP contribution is -2.34. The number of hydrogen-bond donors (Lipinski definition) is 2. The van der Waals surface area contributed by atoms with Gasteiger partial charge in [-0.05, 0) is 31.0 Å². The summed E-state index contributed by atoms with van der Waals surface area (Å²) in [6.07, 6.45) is -3.97. The summed E-state index contributed by atoms with van der Waals surface area (Å²) in [5, 5.41) is 8.94. The minimum Gasteiger partial charge on any atom is -0.481 e. The summed E-state index contributed by atoms with van der Waals surface area (Å²) in [5.41, 5.74) is -2.21. The molecule has 1 aliphatic rings. The highest BCUT2D eigenvalue weighted by Crippen LogP contribution is 2.45. The molecule has 9 heteroatoms. The summed E-state index contributed by atoms with van der Waals surface area (Å²) in [7, 11) is -4.18. The van der Waals surface area contributed by atoms with Gasteiger partial charge in [0, 0.05) is 6.54 Å². The maximum atomic E-state index is 12.6. The van der Waals surface area contributed by atoms with Gasteiger partial charge in [-0.15, -0.1) is 0 Å². The largest absolute Gasteiger partial charge is 0.481 e. The third-order valence-corrected chi connectivity index (χ3v) is 4.78. The standard InChI is InChI=1S/C12H12F3NO4S/c13-12(14,15)8-2-1-3-9(6-8)21(19,20)16-7-11(4-5-11)10(17)18/h1-3,6,16H,4-5,7H2,(H,17,18). The molecule has 1 aliphatic carbocycles. The summed E-state index contributed by atoms with van der Waals surface area (Å²) < 4.78 is 63.6. The Morgan fingerprint density at radius 3 is 2.43 bits per heavy atom. The summed E-state index contributed by atoms with van der Waals surface area (Å²) in [6, 6.07) is 3.29. The van der Waals surface area contributed by atoms with E-state index in [9.17, 15) is 26.4 Å². The normalized spacial score (nSPS) is 17.5. The lowest BCUT2D eigenvalue weighted by atomic mass is 10.1. The molecule has 1 fully saturated rings. The van der Waals surface area contributed by atoms with Gasteiger partial charge in [0.2, 0.25) is 10.0 Å². The van der Waals surface area contributed by atoms with Crippen molar-refractivity contribution in [2.45, 2.75) is 23.9 Å². The van der Waals surface area contributed by atoms with Gasteiger partial charge < -0.3 is 5.11 Å². The van der Waals surface area contributed by atoms with Gasteiger partial charge in [0.25, 0.3) is 0 Å². The zero-order valence-corrected chi connectivity index (χ0v) is 11.5. The highest BCUT2D eigenvalue weighted by atomic mass is 32.2. The first-order chi connectivity index (χ1) is 9.57. The van der Waals surface area contributed by atoms with E-state index in [0.717, 1.165) is 18.2 Å². The predicted octanol–water partition coefficient (Wildman–Crippen LogP) is 1.85. The van der Waals surface area contributed by atoms with Crippen LogP contribution in [0, 0.1) is 5.41 Å². The molecule has 21 heavy (non-hydrogen) atoms. The molecular weight excluding hydrogens is 311 g/mol. The number of alkyl halides is 3. The molecule has 0 bridgehead atoms. The molecule has 116 valence electrons. The van der Waals surface area contributed by atoms with Gasteiger partial charge in [0.15, 0.2) is 0 Å². The zero-order valence-electron chi connectivity index (χ0n) is 10.6. The maximum absolute atomic E-state index is 12.6. The third-order valence-electron chi connectivity index (χ3n) is 3.38. The average Bonchev–Trinajstić information content (AvgIpc) is 3.17. The van der Waals surface area contributed by atoms with Crippen molar-refractivity contribution >= 4 is 16.0 Å². The topological polar surface area (TPSA) is 83.5 Å². The molecule has 0 heterocycles. The van der Waals surface area contributed by atoms with E-state index in [2.05, 4.69) is 4.72 Å². The molecule has 0 aromatic heterocycles. The van der Waals surface area contributed by atoms with Crippen LogP contribution in [-0.2, 0) is 21.0 Å². The van der Waals surface area contributed by atoms with Crippen LogP contribution < -0.4 is 4.72 Å². The number of rotatable bonds is 5. The van der Waals surface area contributed by atoms with Crippen molar-refractivity contribution in [3.8, 4) is 0 Å². The number of carboxylic acids is 1. The first-order valence-corrected chi connectivity index (χ1v) is 7.46. The van der Waals surface area contributed by atoms with E-state index < -0.39 is 38.0 Å². The van der Waals surface area contributed by atoms with E-state index in [4.69, 9.17) is 5.11 Å². The van der Waals surface area contributed by atoms with Crippen LogP contribution in [0.3, 0.4) is 0 Å². The van der Waals surface area contributed by atoms with Crippen molar-refractivity contribution in [1.82, 2.24) is 4.72 Å². The monoisotopic (exact) mass is 323 g/mol. The first kappa shape index (κ1) is 15.8. The Morgan fingerprint density at radius 2 is 1.95 bits per heavy atom. The number of carboxylic acid groups (broad SMARTS) is 1. The molecule has 0 atom stereocenters. The summed E-state index contributed by atoms with van der Waals surface area (Å²) in [6.45, 7) is -0.332. The Bertz CT molecular complexity index is 665. The Balaban J connectivity index is 2.19. The maximum Gasteiger partial charge on any atom is 0.416 e. The SMILES string of the molecule is O=C(O)C1(CNS(=O)(=O)c2cccc(C(F)(F)F)c2)CC1. The van der Waals surface area contributed by atoms with Gasteiger partial charge in [-0.1, -0.05) is 6.07 Å². The quantitative estimate of drug-likeness (QED) is 0.866. The Morgan fingerprint density at radius 1 is 1.33 bits per heavy atom. The molecule has 1 aromatic rings. The van der Waals surface area contributed by atoms with E-state index in [1.807, 2.05) is 0 Å². The van der Waals surface area contributed by atoms with Crippen LogP contribution in [0.15, 0.2) is 29.2 Å². The number of benzene rings is 1. The van der Waals surface area contributed by atoms with Gasteiger partial charge in [0.05, 0.1) is 15.9 Å². The first-order valence-electron chi connectivity index (χ1n) is 5.97. The molecule has 2 rings (SSSR count). The fourth-order valence-corrected chi connectivity index (χ4v) is 2.95. The Hall–Kier alpha value is -1.61. The number of nitrogens with one attached hydrogen (secondary N) is 1. The minimum atomic E-state index is -4.65. The minimum absolute atomic E-state index is 0.332. The molecule has 5 nitrogen and oxygen atoms in total. The molecular formula is C12H12F3NO4S. The van der Waals surface area contributed by atoms with Gasteiger partial charge >= 0.3 is 12.1 Å². The van der Waals surface area contributed by atoms with Crippen LogP contribution in [0.2, 0.25) is 0 Å². The smallest absolute Gasteiger partial charge is 0.416 e. The highest BCUT2D eigenvalue weighted by Gasteiger charge is 2.50. The van der Waals surface area contributed by atoms with E-state index in [1.165, 1.54) is 0 Å². The lowest BCUT2D eigenvalue weighted by Gasteiger charge is -2.13. The summed E-state index contributed by atoms with van der Waals surface area (Å²) >= 11 is 0. The fraction of sp³-hybridized carbons (Fsp3) is 0.417. The number of sulfonamides is 1. The van der Waals surface area contributed by atoms with Crippen LogP contribution in [0.5, 0.6) is 0 Å². The molecule has 0 aliphatic heterocycles. The summed E-state index contributed by atoms with van der Waals surface area (Å²) in [4.78, 5) is 10.4. The Labute approximate surface area is 118 Å². The second-order valence-corrected chi connectivity index (χ2v) is 6.70. The highest BCUT2D eigenvalue weighted by molar-refractivity contribution is 7.89. The van der Waals surface area contributed by atoms with Crippen LogP contribution >= 0.6 is 0 Å². The van der Waals surface area contributed by atoms with Gasteiger partial charge in [-0.2, -0.15) is 13.2 Å². The molecule has 0 amide bonds. The van der Waals surface area contributed by atoms with Gasteiger partial charge in [0.1, 0.15) is 0 Å². The average molecular weight is 323 g/mol. The molecule has 0 radical (unpaired) electrons. The second-order valence-electron chi connectivity index (χ2n) is 4.94. The van der Waals surface area contributed by atoms with E-state index >= 15 is 0 Å². The van der Waals surface area contributed by atoms with E-state index in [0.29, 0.717) is 18.9 Å². The molecule has 2 N–H and O–H groups in total. The lowest BCUT2D eigenvalue weighted by molar-refractivity contribution is -0.143. The van der Waals surface area contributed by atoms with Crippen molar-refractivity contribution in [2.24, 2.45) is 5.41 Å². The number of hydrogen-bond acceptors (Lipinski definition) is 3. The van der Waals surface area contributed by atoms with E-state index in [-0.39, 0.29) is 6.54 Å². The van der Waals surface area contributed by atoms with Crippen molar-refractivity contribution in [2.75, 3.05) is 6.54 Å². The predicted molar refractivity (Wildman–Crippen MR) is 65.9 cm³/mol. The zero-order chi connectivity index (χ0) is 15.9. The van der Waals surface area contributed by atoms with Crippen LogP contribution in [0.4, 0.5) is 13.2 Å². The van der Waals surface area contributed by atoms with Crippen LogP contribution in [0.25, 0.3) is 0 Å². The van der Waals surface area contributed by atoms with Crippen molar-refractivity contribution < 1.29 is 31.5 Å². The van der Waals surface area contributed by atoms with Gasteiger partial charge in [-0.25, -0.2) is 13.1 Å². The summed E-state index contributed by atoms with van der Waals surface area (Å²) in [5.74, 6) is -1.12. The molecule has 0 saturated heterocycles. The van der Waals surface area contributed by atoms with Crippen molar-refractivity contribution in [3.05, 3.63) is 29.8 Å². The molecule has 0 unspecified atom stereocenters. The molecule has 1 saturated carbocycles. The second kappa shape index (κ2) is 4.99. The van der Waals surface area contributed by atoms with Crippen molar-refractivity contribution in [3.63, 3.8) is 0 Å². The van der Waals surface area contributed by atoms with Crippen LogP contribution in [0.1, 0.15) is 18.4 Å². The number of halogens is 3. The van der Waals surface area contributed by atoms with Crippen LogP contribution in [-0.4, -0.2) is 26.0 Å². The van der Waals surface area contributed by atoms with Gasteiger partial charge in [-0.3, -0.25) is 4.79 Å². The molecule has 1 aromatic carbocycles. The number of carbonyl (C=O) groups is 1. The number of aliphatic carboxylic acids is 1.